The summed E-state index contributed by atoms with van der Waals surface area (Å²) in [4.78, 5) is 25.5. The van der Waals surface area contributed by atoms with Gasteiger partial charge in [0.15, 0.2) is 0 Å². The van der Waals surface area contributed by atoms with Crippen LogP contribution in [-0.4, -0.2) is 22.0 Å². The van der Waals surface area contributed by atoms with Gasteiger partial charge in [0.25, 0.3) is 11.6 Å². The summed E-state index contributed by atoms with van der Waals surface area (Å²) in [7, 11) is 0. The molecule has 22 heavy (non-hydrogen) atoms. The van der Waals surface area contributed by atoms with E-state index in [-0.39, 0.29) is 0 Å². The molecule has 0 bridgehead atoms. The van der Waals surface area contributed by atoms with E-state index in [1.54, 1.807) is 6.07 Å². The number of carbonyl (C=O) groups is 1. The highest BCUT2D eigenvalue weighted by Crippen LogP contribution is 2.22. The number of nitrogens with zero attached hydrogens (tertiary/aromatic N) is 3. The highest BCUT2D eigenvalue weighted by molar-refractivity contribution is 9.10. The van der Waals surface area contributed by atoms with Gasteiger partial charge in [-0.1, -0.05) is 12.1 Å². The van der Waals surface area contributed by atoms with Crippen molar-refractivity contribution >= 4 is 33.7 Å². The van der Waals surface area contributed by atoms with Crippen LogP contribution < -0.4 is 10.5 Å². The summed E-state index contributed by atoms with van der Waals surface area (Å²) >= 11 is 3.19. The summed E-state index contributed by atoms with van der Waals surface area (Å²) in [5.74, 6) is -1.17. The van der Waals surface area contributed by atoms with Crippen molar-refractivity contribution in [3.8, 4) is 5.75 Å². The molecule has 0 fully saturated rings. The number of nitro groups is 1. The van der Waals surface area contributed by atoms with E-state index in [4.69, 9.17) is 0 Å². The molecule has 0 aliphatic heterocycles. The van der Waals surface area contributed by atoms with Crippen LogP contribution in [0.1, 0.15) is 15.9 Å². The fourth-order valence-corrected chi connectivity index (χ4v) is 1.89. The summed E-state index contributed by atoms with van der Waals surface area (Å²) in [6, 6.07) is 5.08. The molecular weight excluding hydrogens is 356 g/mol. The normalized spacial score (nSPS) is 10.6. The molecule has 2 aromatic rings. The quantitative estimate of drug-likeness (QED) is 0.502. The summed E-state index contributed by atoms with van der Waals surface area (Å²) < 4.78 is 0.644. The molecule has 1 heterocycles. The van der Waals surface area contributed by atoms with Gasteiger partial charge in [0.1, 0.15) is 0 Å². The minimum Gasteiger partial charge on any atom is -0.868 e. The smallest absolute Gasteiger partial charge is 0.272 e. The van der Waals surface area contributed by atoms with Crippen molar-refractivity contribution in [2.75, 3.05) is 0 Å². The molecule has 1 amide bonds. The van der Waals surface area contributed by atoms with Crippen LogP contribution in [0.25, 0.3) is 0 Å². The van der Waals surface area contributed by atoms with Gasteiger partial charge in [-0.2, -0.15) is 5.10 Å². The van der Waals surface area contributed by atoms with E-state index >= 15 is 0 Å². The number of aromatic nitrogens is 1. The monoisotopic (exact) mass is 363 g/mol. The maximum atomic E-state index is 11.8. The van der Waals surface area contributed by atoms with Crippen molar-refractivity contribution in [3.05, 3.63) is 62.4 Å². The zero-order valence-electron chi connectivity index (χ0n) is 10.9. The molecular formula is C13H8BrN4O4-. The lowest BCUT2D eigenvalue weighted by molar-refractivity contribution is -0.398. The molecule has 9 heteroatoms. The maximum Gasteiger partial charge on any atom is 0.272 e. The Morgan fingerprint density at radius 2 is 2.14 bits per heavy atom. The second-order valence-electron chi connectivity index (χ2n) is 4.08. The average Bonchev–Trinajstić information content (AvgIpc) is 2.48. The topological polar surface area (TPSA) is 121 Å². The molecule has 0 aliphatic carbocycles. The Hall–Kier alpha value is -2.81. The number of halogens is 1. The van der Waals surface area contributed by atoms with Crippen LogP contribution >= 0.6 is 15.9 Å². The van der Waals surface area contributed by atoms with E-state index in [0.717, 1.165) is 12.1 Å². The fourth-order valence-electron chi connectivity index (χ4n) is 1.52. The molecule has 1 N–H and O–H groups in total. The molecule has 0 radical (unpaired) electrons. The van der Waals surface area contributed by atoms with Crippen molar-refractivity contribution in [1.82, 2.24) is 10.4 Å². The molecule has 0 unspecified atom stereocenters. The van der Waals surface area contributed by atoms with Crippen LogP contribution in [0.15, 0.2) is 46.2 Å². The molecule has 1 aromatic carbocycles. The number of amides is 1. The van der Waals surface area contributed by atoms with Crippen LogP contribution in [0.4, 0.5) is 5.69 Å². The van der Waals surface area contributed by atoms with Gasteiger partial charge in [-0.15, -0.1) is 0 Å². The first kappa shape index (κ1) is 15.6. The second-order valence-corrected chi connectivity index (χ2v) is 4.99. The minimum absolute atomic E-state index is 0.299. The van der Waals surface area contributed by atoms with E-state index < -0.39 is 22.3 Å². The number of benzene rings is 1. The van der Waals surface area contributed by atoms with Crippen LogP contribution in [0, 0.1) is 10.1 Å². The number of nitro benzene ring substituents is 1. The molecule has 0 saturated carbocycles. The summed E-state index contributed by atoms with van der Waals surface area (Å²) in [6.45, 7) is 0. The van der Waals surface area contributed by atoms with E-state index in [1.165, 1.54) is 24.7 Å². The summed E-state index contributed by atoms with van der Waals surface area (Å²) in [6.07, 6.45) is 4.10. The van der Waals surface area contributed by atoms with Gasteiger partial charge in [-0.05, 0) is 27.7 Å². The maximum absolute atomic E-state index is 11.8. The van der Waals surface area contributed by atoms with Gasteiger partial charge in [-0.3, -0.25) is 19.9 Å². The number of nitrogens with one attached hydrogen (secondary N) is 1. The molecule has 0 atom stereocenters. The third-order valence-electron chi connectivity index (χ3n) is 2.53. The second kappa shape index (κ2) is 6.76. The predicted octanol–water partition coefficient (Wildman–Crippen LogP) is 1.59. The van der Waals surface area contributed by atoms with Gasteiger partial charge >= 0.3 is 0 Å². The number of rotatable bonds is 4. The average molecular weight is 364 g/mol. The zero-order valence-corrected chi connectivity index (χ0v) is 12.5. The van der Waals surface area contributed by atoms with Crippen molar-refractivity contribution in [3.63, 3.8) is 0 Å². The Balaban J connectivity index is 2.08. The highest BCUT2D eigenvalue weighted by atomic mass is 79.9. The lowest BCUT2D eigenvalue weighted by Gasteiger charge is -2.06. The highest BCUT2D eigenvalue weighted by Gasteiger charge is 2.07. The van der Waals surface area contributed by atoms with Crippen molar-refractivity contribution < 1.29 is 14.8 Å². The lowest BCUT2D eigenvalue weighted by Crippen LogP contribution is -2.17. The van der Waals surface area contributed by atoms with Crippen molar-refractivity contribution in [2.24, 2.45) is 5.10 Å². The Morgan fingerprint density at radius 1 is 1.36 bits per heavy atom. The Morgan fingerprint density at radius 3 is 2.82 bits per heavy atom. The molecule has 2 rings (SSSR count). The third-order valence-corrected chi connectivity index (χ3v) is 2.96. The molecule has 0 saturated heterocycles. The molecule has 1 aromatic heterocycles. The lowest BCUT2D eigenvalue weighted by atomic mass is 10.2. The first-order chi connectivity index (χ1) is 10.5. The SMILES string of the molecule is O=C(N/N=C/c1ccc([O-])c([N+](=O)[O-])c1)c1cncc(Br)c1. The van der Waals surface area contributed by atoms with E-state index in [2.05, 4.69) is 31.4 Å². The number of hydrogen-bond donors (Lipinski definition) is 1. The first-order valence-corrected chi connectivity index (χ1v) is 6.66. The summed E-state index contributed by atoms with van der Waals surface area (Å²) in [5, 5.41) is 25.6. The van der Waals surface area contributed by atoms with Crippen molar-refractivity contribution in [1.29, 1.82) is 0 Å². The number of hydrogen-bond acceptors (Lipinski definition) is 6. The first-order valence-electron chi connectivity index (χ1n) is 5.87. The van der Waals surface area contributed by atoms with Crippen LogP contribution in [-0.2, 0) is 0 Å². The summed E-state index contributed by atoms with van der Waals surface area (Å²) in [5.41, 5.74) is 2.33. The van der Waals surface area contributed by atoms with E-state index in [1.807, 2.05) is 0 Å². The van der Waals surface area contributed by atoms with Gasteiger partial charge in [0.05, 0.1) is 16.7 Å². The predicted molar refractivity (Wildman–Crippen MR) is 79.5 cm³/mol. The third kappa shape index (κ3) is 3.85. The van der Waals surface area contributed by atoms with Gasteiger partial charge in [0, 0.05) is 28.5 Å². The molecule has 112 valence electrons. The van der Waals surface area contributed by atoms with Crippen LogP contribution in [0.5, 0.6) is 5.75 Å². The van der Waals surface area contributed by atoms with Crippen molar-refractivity contribution in [2.45, 2.75) is 0 Å². The Kier molecular flexibility index (Phi) is 4.79. The molecule has 8 nitrogen and oxygen atoms in total. The fraction of sp³-hybridized carbons (Fsp3) is 0. The van der Waals surface area contributed by atoms with Crippen LogP contribution in [0.2, 0.25) is 0 Å². The Labute approximate surface area is 132 Å². The standard InChI is InChI=1S/C13H9BrN4O4/c14-10-4-9(6-15-7-10)13(20)17-16-5-8-1-2-12(19)11(3-8)18(21)22/h1-7,19H,(H,17,20)/p-1/b16-5+. The van der Waals surface area contributed by atoms with E-state index in [0.29, 0.717) is 15.6 Å². The van der Waals surface area contributed by atoms with Gasteiger partial charge in [-0.25, -0.2) is 5.43 Å². The number of hydrazone groups is 1. The van der Waals surface area contributed by atoms with Gasteiger partial charge in [0.2, 0.25) is 0 Å². The molecule has 0 spiro atoms. The minimum atomic E-state index is -0.772. The zero-order chi connectivity index (χ0) is 16.1. The van der Waals surface area contributed by atoms with E-state index in [9.17, 15) is 20.0 Å². The molecule has 0 aliphatic rings. The van der Waals surface area contributed by atoms with Gasteiger partial charge < -0.3 is 5.11 Å². The largest absolute Gasteiger partial charge is 0.868 e. The van der Waals surface area contributed by atoms with Crippen LogP contribution in [0.3, 0.4) is 0 Å². The Bertz CT molecular complexity index is 763. The number of carbonyl (C=O) groups excluding carboxylic acids is 1. The number of pyridine rings is 1.